The van der Waals surface area contributed by atoms with Gasteiger partial charge in [0.2, 0.25) is 5.82 Å². The van der Waals surface area contributed by atoms with Crippen LogP contribution in [0, 0.1) is 12.8 Å². The molecule has 1 fully saturated rings. The monoisotopic (exact) mass is 522 g/mol. The molecule has 1 aliphatic rings. The number of likely N-dealkylation sites (tertiary alicyclic amines) is 1. The first-order valence-electron chi connectivity index (χ1n) is 13.7. The molecule has 3 aromatic carbocycles. The number of hydrogen-bond acceptors (Lipinski definition) is 5. The Hall–Kier alpha value is -3.81. The zero-order valence-corrected chi connectivity index (χ0v) is 23.2. The molecule has 1 aliphatic heterocycles. The Morgan fingerprint density at radius 2 is 1.41 bits per heavy atom. The van der Waals surface area contributed by atoms with E-state index >= 15 is 0 Å². The van der Waals surface area contributed by atoms with Crippen molar-refractivity contribution in [2.75, 3.05) is 33.7 Å². The van der Waals surface area contributed by atoms with Crippen LogP contribution in [0.2, 0.25) is 0 Å². The van der Waals surface area contributed by atoms with Gasteiger partial charge in [-0.1, -0.05) is 60.7 Å². The molecular weight excluding hydrogens is 484 g/mol. The van der Waals surface area contributed by atoms with E-state index in [1.807, 2.05) is 12.1 Å². The van der Waals surface area contributed by atoms with Crippen LogP contribution in [0.25, 0.3) is 16.8 Å². The molecule has 7 nitrogen and oxygen atoms in total. The lowest BCUT2D eigenvalue weighted by molar-refractivity contribution is 0.0990. The van der Waals surface area contributed by atoms with Crippen molar-refractivity contribution in [1.29, 1.82) is 0 Å². The van der Waals surface area contributed by atoms with Crippen LogP contribution >= 0.6 is 0 Å². The third-order valence-electron chi connectivity index (χ3n) is 7.56. The summed E-state index contributed by atoms with van der Waals surface area (Å²) in [6.07, 6.45) is 3.44. The maximum absolute atomic E-state index is 11.4. The summed E-state index contributed by atoms with van der Waals surface area (Å²) in [7, 11) is 4.35. The van der Waals surface area contributed by atoms with Crippen molar-refractivity contribution < 1.29 is 4.79 Å². The third kappa shape index (κ3) is 6.80. The molecule has 0 unspecified atom stereocenters. The normalized spacial score (nSPS) is 14.7. The van der Waals surface area contributed by atoms with Crippen LogP contribution in [0.5, 0.6) is 0 Å². The predicted molar refractivity (Wildman–Crippen MR) is 156 cm³/mol. The maximum Gasteiger partial charge on any atom is 0.288 e. The molecule has 39 heavy (non-hydrogen) atoms. The van der Waals surface area contributed by atoms with E-state index in [0.717, 1.165) is 24.6 Å². The molecule has 0 radical (unpaired) electrons. The Balaban J connectivity index is 1.16. The van der Waals surface area contributed by atoms with Crippen molar-refractivity contribution in [3.63, 3.8) is 0 Å². The number of piperidine rings is 1. The summed E-state index contributed by atoms with van der Waals surface area (Å²) in [6, 6.07) is 26.0. The van der Waals surface area contributed by atoms with Gasteiger partial charge in [-0.3, -0.25) is 9.69 Å². The van der Waals surface area contributed by atoms with Crippen LogP contribution in [0.3, 0.4) is 0 Å². The van der Waals surface area contributed by atoms with E-state index in [0.29, 0.717) is 5.82 Å². The first-order valence-corrected chi connectivity index (χ1v) is 13.7. The lowest BCUT2D eigenvalue weighted by Crippen LogP contribution is -2.36. The van der Waals surface area contributed by atoms with E-state index in [4.69, 9.17) is 5.73 Å². The van der Waals surface area contributed by atoms with Crippen LogP contribution < -0.4 is 5.73 Å². The molecular formula is C32H38N6O. The molecule has 0 spiro atoms. The Morgan fingerprint density at radius 1 is 0.872 bits per heavy atom. The number of amides is 1. The van der Waals surface area contributed by atoms with Crippen LogP contribution in [-0.2, 0) is 13.0 Å². The molecule has 1 aromatic heterocycles. The zero-order valence-electron chi connectivity index (χ0n) is 23.2. The Labute approximate surface area is 231 Å². The topological polar surface area (TPSA) is 80.3 Å². The van der Waals surface area contributed by atoms with E-state index < -0.39 is 5.91 Å². The van der Waals surface area contributed by atoms with Crippen LogP contribution in [0.15, 0.2) is 72.8 Å². The number of hydrogen-bond donors (Lipinski definition) is 1. The number of primary amides is 1. The molecule has 2 heterocycles. The minimum atomic E-state index is -0.626. The minimum absolute atomic E-state index is 0.0298. The molecule has 5 rings (SSSR count). The number of carbonyl (C=O) groups excluding carboxylic acids is 1. The highest BCUT2D eigenvalue weighted by Gasteiger charge is 2.19. The van der Waals surface area contributed by atoms with Crippen LogP contribution in [0.4, 0.5) is 0 Å². The van der Waals surface area contributed by atoms with Crippen molar-refractivity contribution in [3.8, 4) is 16.8 Å². The van der Waals surface area contributed by atoms with E-state index in [2.05, 4.69) is 94.6 Å². The largest absolute Gasteiger partial charge is 0.363 e. The summed E-state index contributed by atoms with van der Waals surface area (Å²) in [5.41, 5.74) is 12.5. The van der Waals surface area contributed by atoms with Gasteiger partial charge in [0.15, 0.2) is 0 Å². The Morgan fingerprint density at radius 3 is 1.92 bits per heavy atom. The summed E-state index contributed by atoms with van der Waals surface area (Å²) < 4.78 is 1.64. The molecule has 0 aliphatic carbocycles. The quantitative estimate of drug-likeness (QED) is 0.345. The van der Waals surface area contributed by atoms with Gasteiger partial charge >= 0.3 is 0 Å². The number of carbonyl (C=O) groups is 1. The standard InChI is InChI=1S/C32H38N6O/c1-23-34-32(31(33)39)35-38(23)30-14-8-25(9-15-30)20-24-4-10-28(11-5-24)29-12-6-26(7-13-29)22-37-18-16-27(17-19-37)21-36(2)3/h4-15,27H,16-22H2,1-3H3,(H2,33,39). The summed E-state index contributed by atoms with van der Waals surface area (Å²) in [6.45, 7) is 6.44. The molecule has 7 heteroatoms. The second-order valence-corrected chi connectivity index (χ2v) is 11.0. The van der Waals surface area contributed by atoms with Crippen LogP contribution in [0.1, 0.15) is 46.0 Å². The van der Waals surface area contributed by atoms with Gasteiger partial charge in [-0.05, 0) is 99.2 Å². The van der Waals surface area contributed by atoms with Gasteiger partial charge in [0, 0.05) is 13.1 Å². The maximum atomic E-state index is 11.4. The number of aromatic nitrogens is 3. The smallest absolute Gasteiger partial charge is 0.288 e. The minimum Gasteiger partial charge on any atom is -0.363 e. The first kappa shape index (κ1) is 26.8. The molecule has 1 saturated heterocycles. The molecule has 0 saturated carbocycles. The van der Waals surface area contributed by atoms with Crippen molar-refractivity contribution in [1.82, 2.24) is 24.6 Å². The van der Waals surface area contributed by atoms with Crippen molar-refractivity contribution in [2.24, 2.45) is 11.7 Å². The molecule has 202 valence electrons. The Kier molecular flexibility index (Phi) is 8.19. The third-order valence-corrected chi connectivity index (χ3v) is 7.56. The number of aryl methyl sites for hydroxylation is 1. The molecule has 0 bridgehead atoms. The van der Waals surface area contributed by atoms with Crippen LogP contribution in [-0.4, -0.2) is 64.2 Å². The molecule has 1 amide bonds. The molecule has 0 atom stereocenters. The van der Waals surface area contributed by atoms with Crippen molar-refractivity contribution in [3.05, 3.63) is 101 Å². The number of benzene rings is 3. The van der Waals surface area contributed by atoms with E-state index in [9.17, 15) is 4.79 Å². The van der Waals surface area contributed by atoms with Gasteiger partial charge < -0.3 is 10.6 Å². The number of nitrogens with zero attached hydrogens (tertiary/aromatic N) is 5. The lowest BCUT2D eigenvalue weighted by Gasteiger charge is -2.33. The number of rotatable bonds is 9. The predicted octanol–water partition coefficient (Wildman–Crippen LogP) is 4.71. The second kappa shape index (κ2) is 11.9. The lowest BCUT2D eigenvalue weighted by atomic mass is 9.96. The average Bonchev–Trinajstić information content (AvgIpc) is 3.33. The van der Waals surface area contributed by atoms with Crippen molar-refractivity contribution in [2.45, 2.75) is 32.7 Å². The van der Waals surface area contributed by atoms with Crippen molar-refractivity contribution >= 4 is 5.91 Å². The highest BCUT2D eigenvalue weighted by atomic mass is 16.1. The van der Waals surface area contributed by atoms with Gasteiger partial charge in [-0.25, -0.2) is 9.67 Å². The van der Waals surface area contributed by atoms with Gasteiger partial charge in [0.05, 0.1) is 5.69 Å². The van der Waals surface area contributed by atoms with E-state index in [1.165, 1.54) is 60.3 Å². The van der Waals surface area contributed by atoms with Gasteiger partial charge in [-0.15, -0.1) is 5.10 Å². The van der Waals surface area contributed by atoms with E-state index in [-0.39, 0.29) is 5.82 Å². The first-order chi connectivity index (χ1) is 18.8. The molecule has 4 aromatic rings. The molecule has 2 N–H and O–H groups in total. The fourth-order valence-corrected chi connectivity index (χ4v) is 5.45. The Bertz CT molecular complexity index is 1380. The highest BCUT2D eigenvalue weighted by molar-refractivity contribution is 5.88. The van der Waals surface area contributed by atoms with Gasteiger partial charge in [-0.2, -0.15) is 0 Å². The second-order valence-electron chi connectivity index (χ2n) is 11.0. The van der Waals surface area contributed by atoms with E-state index in [1.54, 1.807) is 11.6 Å². The van der Waals surface area contributed by atoms with Gasteiger partial charge in [0.25, 0.3) is 5.91 Å². The summed E-state index contributed by atoms with van der Waals surface area (Å²) in [4.78, 5) is 20.4. The van der Waals surface area contributed by atoms with Gasteiger partial charge in [0.1, 0.15) is 5.82 Å². The SMILES string of the molecule is Cc1nc(C(N)=O)nn1-c1ccc(Cc2ccc(-c3ccc(CN4CCC(CN(C)C)CC4)cc3)cc2)cc1. The average molecular weight is 523 g/mol. The summed E-state index contributed by atoms with van der Waals surface area (Å²) in [5, 5.41) is 4.20. The fraction of sp³-hybridized carbons (Fsp3) is 0.344. The summed E-state index contributed by atoms with van der Waals surface area (Å²) >= 11 is 0. The number of nitrogens with two attached hydrogens (primary N) is 1. The summed E-state index contributed by atoms with van der Waals surface area (Å²) in [5.74, 6) is 0.865. The fourth-order valence-electron chi connectivity index (χ4n) is 5.45. The zero-order chi connectivity index (χ0) is 27.4. The highest BCUT2D eigenvalue weighted by Crippen LogP contribution is 2.24.